The number of nitrogens with zero attached hydrogens (tertiary/aromatic N) is 6. The predicted molar refractivity (Wildman–Crippen MR) is 143 cm³/mol. The lowest BCUT2D eigenvalue weighted by Crippen LogP contribution is -2.21. The molecule has 4 aromatic heterocycles. The second-order valence-electron chi connectivity index (χ2n) is 9.74. The SMILES string of the molecule is COC(=O)[C@@H]1COC(c2cc(C)c(-c3cc4cc(NC(=O)[C@@H]5C[C@H]5c5cnn(C)c5)ncc4c(N)n3)cn2)=N1. The number of ether oxygens (including phenoxy) is 2. The predicted octanol–water partition coefficient (Wildman–Crippen LogP) is 2.38. The Kier molecular flexibility index (Phi) is 5.93. The molecule has 12 nitrogen and oxygen atoms in total. The van der Waals surface area contributed by atoms with Crippen LogP contribution in [0.3, 0.4) is 0 Å². The average molecular weight is 527 g/mol. The minimum absolute atomic E-state index is 0.0694. The Bertz CT molecular complexity index is 1660. The number of fused-ring (bicyclic) bond motifs is 1. The molecule has 12 heteroatoms. The van der Waals surface area contributed by atoms with E-state index in [0.29, 0.717) is 34.3 Å². The maximum atomic E-state index is 12.8. The molecule has 4 aromatic rings. The maximum Gasteiger partial charge on any atom is 0.334 e. The zero-order valence-corrected chi connectivity index (χ0v) is 21.6. The van der Waals surface area contributed by atoms with E-state index >= 15 is 0 Å². The number of aromatic nitrogens is 5. The molecule has 6 rings (SSSR count). The van der Waals surface area contributed by atoms with E-state index in [-0.39, 0.29) is 24.3 Å². The number of aliphatic imine (C=N–C) groups is 1. The van der Waals surface area contributed by atoms with Crippen LogP contribution in [0.2, 0.25) is 0 Å². The minimum Gasteiger partial charge on any atom is -0.473 e. The van der Waals surface area contributed by atoms with Crippen LogP contribution < -0.4 is 11.1 Å². The van der Waals surface area contributed by atoms with Gasteiger partial charge in [0.05, 0.1) is 19.0 Å². The molecular weight excluding hydrogens is 500 g/mol. The van der Waals surface area contributed by atoms with Crippen LogP contribution in [-0.4, -0.2) is 62.3 Å². The van der Waals surface area contributed by atoms with Crippen molar-refractivity contribution in [3.63, 3.8) is 0 Å². The molecule has 0 spiro atoms. The van der Waals surface area contributed by atoms with Gasteiger partial charge in [-0.25, -0.2) is 19.8 Å². The van der Waals surface area contributed by atoms with Gasteiger partial charge >= 0.3 is 5.97 Å². The van der Waals surface area contributed by atoms with Gasteiger partial charge in [-0.15, -0.1) is 0 Å². The standard InChI is InChI=1S/C27H26N8O4/c1-13-4-21(26-33-22(12-39-26)27(37)38-3)29-9-18(13)20-5-14-6-23(30-10-19(14)24(28)32-20)34-25(36)17-7-16(17)15-8-31-35(2)11-15/h4-6,8-11,16-17,22H,7,12H2,1-3H3,(H2,28,32)(H,30,34,36)/t16-,17+,22-/m0/s1. The molecule has 0 radical (unpaired) electrons. The van der Waals surface area contributed by atoms with E-state index in [9.17, 15) is 9.59 Å². The summed E-state index contributed by atoms with van der Waals surface area (Å²) in [7, 11) is 3.18. The second-order valence-corrected chi connectivity index (χ2v) is 9.74. The Labute approximate surface area is 223 Å². The van der Waals surface area contributed by atoms with Crippen LogP contribution in [0.25, 0.3) is 22.0 Å². The number of rotatable bonds is 6. The summed E-state index contributed by atoms with van der Waals surface area (Å²) in [5, 5.41) is 8.60. The molecule has 0 aromatic carbocycles. The number of carbonyl (C=O) groups excluding carboxylic acids is 2. The summed E-state index contributed by atoms with van der Waals surface area (Å²) in [5.74, 6) is 0.607. The number of anilines is 2. The average Bonchev–Trinajstić information content (AvgIpc) is 3.35. The van der Waals surface area contributed by atoms with Crippen molar-refractivity contribution in [2.45, 2.75) is 25.3 Å². The van der Waals surface area contributed by atoms with Crippen molar-refractivity contribution >= 4 is 40.2 Å². The van der Waals surface area contributed by atoms with Crippen molar-refractivity contribution < 1.29 is 19.1 Å². The fraction of sp³-hybridized carbons (Fsp3) is 0.296. The number of esters is 1. The molecule has 1 aliphatic heterocycles. The number of carbonyl (C=O) groups is 2. The van der Waals surface area contributed by atoms with Gasteiger partial charge in [-0.3, -0.25) is 14.5 Å². The number of nitrogen functional groups attached to an aromatic ring is 1. The normalized spacial score (nSPS) is 19.9. The first-order valence-corrected chi connectivity index (χ1v) is 12.4. The number of amides is 1. The first kappa shape index (κ1) is 24.5. The molecule has 1 saturated carbocycles. The summed E-state index contributed by atoms with van der Waals surface area (Å²) in [5.41, 5.74) is 10.1. The largest absolute Gasteiger partial charge is 0.473 e. The summed E-state index contributed by atoms with van der Waals surface area (Å²) in [4.78, 5) is 42.3. The summed E-state index contributed by atoms with van der Waals surface area (Å²) >= 11 is 0. The molecule has 0 bridgehead atoms. The Morgan fingerprint density at radius 2 is 2.00 bits per heavy atom. The van der Waals surface area contributed by atoms with E-state index in [1.807, 2.05) is 32.3 Å². The maximum absolute atomic E-state index is 12.8. The minimum atomic E-state index is -0.696. The van der Waals surface area contributed by atoms with Gasteiger partial charge in [0.1, 0.15) is 23.9 Å². The molecule has 3 atom stereocenters. The Morgan fingerprint density at radius 1 is 1.15 bits per heavy atom. The molecule has 5 heterocycles. The Hall–Kier alpha value is -4.87. The molecule has 1 fully saturated rings. The number of methoxy groups -OCH3 is 1. The van der Waals surface area contributed by atoms with Gasteiger partial charge in [0.2, 0.25) is 11.8 Å². The molecule has 39 heavy (non-hydrogen) atoms. The molecular formula is C27H26N8O4. The van der Waals surface area contributed by atoms with E-state index in [0.717, 1.165) is 28.5 Å². The van der Waals surface area contributed by atoms with Crippen molar-refractivity contribution in [1.82, 2.24) is 24.7 Å². The summed E-state index contributed by atoms with van der Waals surface area (Å²) in [6.07, 6.45) is 7.82. The number of nitrogens with two attached hydrogens (primary N) is 1. The van der Waals surface area contributed by atoms with Crippen LogP contribution in [0, 0.1) is 12.8 Å². The number of pyridine rings is 3. The van der Waals surface area contributed by atoms with Gasteiger partial charge in [-0.1, -0.05) is 0 Å². The van der Waals surface area contributed by atoms with Crippen LogP contribution in [0.1, 0.15) is 29.2 Å². The Morgan fingerprint density at radius 3 is 2.74 bits per heavy atom. The zero-order chi connectivity index (χ0) is 27.3. The van der Waals surface area contributed by atoms with Gasteiger partial charge in [-0.05, 0) is 54.0 Å². The summed E-state index contributed by atoms with van der Waals surface area (Å²) in [6, 6.07) is 4.81. The molecule has 0 saturated heterocycles. The first-order valence-electron chi connectivity index (χ1n) is 12.4. The van der Waals surface area contributed by atoms with Gasteiger partial charge in [0.15, 0.2) is 6.04 Å². The van der Waals surface area contributed by atoms with Gasteiger partial charge < -0.3 is 20.5 Å². The fourth-order valence-electron chi connectivity index (χ4n) is 4.80. The number of aryl methyl sites for hydroxylation is 2. The second kappa shape index (κ2) is 9.46. The monoisotopic (exact) mass is 526 g/mol. The highest BCUT2D eigenvalue weighted by atomic mass is 16.5. The van der Waals surface area contributed by atoms with E-state index in [2.05, 4.69) is 30.4 Å². The lowest BCUT2D eigenvalue weighted by Gasteiger charge is -2.11. The molecule has 1 aliphatic carbocycles. The fourth-order valence-corrected chi connectivity index (χ4v) is 4.80. The quantitative estimate of drug-likeness (QED) is 0.360. The first-order chi connectivity index (χ1) is 18.8. The van der Waals surface area contributed by atoms with E-state index in [4.69, 9.17) is 15.2 Å². The highest BCUT2D eigenvalue weighted by Crippen LogP contribution is 2.47. The molecule has 1 amide bonds. The number of hydrogen-bond acceptors (Lipinski definition) is 10. The van der Waals surface area contributed by atoms with Crippen LogP contribution >= 0.6 is 0 Å². The van der Waals surface area contributed by atoms with Crippen LogP contribution in [0.4, 0.5) is 11.6 Å². The third-order valence-corrected chi connectivity index (χ3v) is 7.01. The highest BCUT2D eigenvalue weighted by Gasteiger charge is 2.44. The van der Waals surface area contributed by atoms with Gasteiger partial charge in [0.25, 0.3) is 0 Å². The van der Waals surface area contributed by atoms with Crippen molar-refractivity contribution in [2.75, 3.05) is 24.8 Å². The number of nitrogens with one attached hydrogen (secondary N) is 1. The number of hydrogen-bond donors (Lipinski definition) is 2. The lowest BCUT2D eigenvalue weighted by molar-refractivity contribution is -0.142. The molecule has 198 valence electrons. The Balaban J connectivity index is 1.23. The van der Waals surface area contributed by atoms with Crippen LogP contribution in [-0.2, 0) is 26.1 Å². The van der Waals surface area contributed by atoms with E-state index in [1.54, 1.807) is 29.3 Å². The summed E-state index contributed by atoms with van der Waals surface area (Å²) in [6.45, 7) is 2.04. The topological polar surface area (TPSA) is 160 Å². The van der Waals surface area contributed by atoms with E-state index < -0.39 is 12.0 Å². The molecule has 0 unspecified atom stereocenters. The van der Waals surface area contributed by atoms with Gasteiger partial charge in [0, 0.05) is 42.5 Å². The van der Waals surface area contributed by atoms with Crippen molar-refractivity contribution in [3.05, 3.63) is 59.8 Å². The third kappa shape index (κ3) is 4.65. The smallest absolute Gasteiger partial charge is 0.334 e. The van der Waals surface area contributed by atoms with Crippen LogP contribution in [0.15, 0.2) is 48.0 Å². The highest BCUT2D eigenvalue weighted by molar-refractivity contribution is 5.99. The van der Waals surface area contributed by atoms with Crippen molar-refractivity contribution in [1.29, 1.82) is 0 Å². The lowest BCUT2D eigenvalue weighted by atomic mass is 10.0. The van der Waals surface area contributed by atoms with E-state index in [1.165, 1.54) is 7.11 Å². The third-order valence-electron chi connectivity index (χ3n) is 7.01. The summed E-state index contributed by atoms with van der Waals surface area (Å²) < 4.78 is 12.0. The van der Waals surface area contributed by atoms with Crippen LogP contribution in [0.5, 0.6) is 0 Å². The zero-order valence-electron chi connectivity index (χ0n) is 21.6. The molecule has 2 aliphatic rings. The van der Waals surface area contributed by atoms with Crippen molar-refractivity contribution in [2.24, 2.45) is 18.0 Å². The molecule has 3 N–H and O–H groups in total. The van der Waals surface area contributed by atoms with Crippen molar-refractivity contribution in [3.8, 4) is 11.3 Å². The van der Waals surface area contributed by atoms with Gasteiger partial charge in [-0.2, -0.15) is 5.10 Å².